The van der Waals surface area contributed by atoms with Crippen LogP contribution >= 0.6 is 0 Å². The molecule has 0 spiro atoms. The van der Waals surface area contributed by atoms with Crippen molar-refractivity contribution in [3.05, 3.63) is 41.5 Å². The summed E-state index contributed by atoms with van der Waals surface area (Å²) in [6.45, 7) is 2.42. The van der Waals surface area contributed by atoms with Crippen molar-refractivity contribution >= 4 is 11.9 Å². The van der Waals surface area contributed by atoms with E-state index in [1.165, 1.54) is 30.4 Å². The molecular formula is C23H30NO6-. The molecule has 30 heavy (non-hydrogen) atoms. The Labute approximate surface area is 176 Å². The fraction of sp³-hybridized carbons (Fsp3) is 0.565. The molecule has 4 N–H and O–H groups in total. The summed E-state index contributed by atoms with van der Waals surface area (Å²) in [5.74, 6) is -0.719. The first-order valence-electron chi connectivity index (χ1n) is 10.6. The number of hydrogen-bond acceptors (Lipinski definition) is 6. The summed E-state index contributed by atoms with van der Waals surface area (Å²) in [5, 5.41) is 41.4. The van der Waals surface area contributed by atoms with Gasteiger partial charge in [-0.15, -0.1) is 0 Å². The number of aliphatic hydroxyl groups is 1. The number of fused-ring (bicyclic) bond motifs is 5. The van der Waals surface area contributed by atoms with E-state index in [4.69, 9.17) is 0 Å². The third-order valence-electron chi connectivity index (χ3n) is 7.53. The maximum absolute atomic E-state index is 10.5. The average molecular weight is 416 g/mol. The molecule has 2 fully saturated rings. The molecule has 7 nitrogen and oxygen atoms in total. The lowest BCUT2D eigenvalue weighted by molar-refractivity contribution is -0.682. The van der Waals surface area contributed by atoms with Gasteiger partial charge >= 0.3 is 0 Å². The highest BCUT2D eigenvalue weighted by molar-refractivity contribution is 5.87. The molecule has 0 bridgehead atoms. The number of aliphatic hydroxyl groups excluding tert-OH is 1. The molecule has 1 aromatic carbocycles. The van der Waals surface area contributed by atoms with E-state index in [1.807, 2.05) is 12.1 Å². The van der Waals surface area contributed by atoms with Crippen LogP contribution in [-0.4, -0.2) is 41.3 Å². The van der Waals surface area contributed by atoms with Gasteiger partial charge in [0, 0.05) is 5.41 Å². The molecule has 0 amide bonds. The number of aromatic hydroxyl groups is 1. The lowest BCUT2D eigenvalue weighted by Gasteiger charge is -2.49. The van der Waals surface area contributed by atoms with E-state index >= 15 is 0 Å². The largest absolute Gasteiger partial charge is 0.545 e. The minimum Gasteiger partial charge on any atom is -0.545 e. The number of likely N-dealkylation sites (N-methyl/N-ethyl adjacent to an activating group) is 1. The zero-order valence-electron chi connectivity index (χ0n) is 17.4. The van der Waals surface area contributed by atoms with Crippen LogP contribution in [0.4, 0.5) is 0 Å². The summed E-state index contributed by atoms with van der Waals surface area (Å²) < 4.78 is 0. The van der Waals surface area contributed by atoms with Gasteiger partial charge < -0.3 is 35.3 Å². The monoisotopic (exact) mass is 416 g/mol. The van der Waals surface area contributed by atoms with Gasteiger partial charge in [0.05, 0.1) is 19.0 Å². The van der Waals surface area contributed by atoms with Gasteiger partial charge in [-0.2, -0.15) is 0 Å². The smallest absolute Gasteiger partial charge is 0.118 e. The van der Waals surface area contributed by atoms with Gasteiger partial charge in [-0.05, 0) is 85.3 Å². The number of rotatable bonds is 3. The lowest BCUT2D eigenvalue weighted by Crippen LogP contribution is -2.91. The van der Waals surface area contributed by atoms with E-state index in [2.05, 4.69) is 25.4 Å². The average Bonchev–Trinajstić information content (AvgIpc) is 2.95. The minimum atomic E-state index is -1.55. The van der Waals surface area contributed by atoms with Crippen molar-refractivity contribution in [1.29, 1.82) is 0 Å². The Hall–Kier alpha value is -2.38. The number of aryl methyl sites for hydroxylation is 1. The van der Waals surface area contributed by atoms with Gasteiger partial charge in [0.2, 0.25) is 0 Å². The predicted octanol–water partition coefficient (Wildman–Crippen LogP) is -1.18. The fourth-order valence-electron chi connectivity index (χ4n) is 6.36. The van der Waals surface area contributed by atoms with Crippen molar-refractivity contribution in [3.63, 3.8) is 0 Å². The lowest BCUT2D eigenvalue weighted by atomic mass is 9.55. The molecule has 4 rings (SSSR count). The Morgan fingerprint density at radius 3 is 2.47 bits per heavy atom. The summed E-state index contributed by atoms with van der Waals surface area (Å²) in [5.41, 5.74) is 3.10. The Kier molecular flexibility index (Phi) is 6.53. The molecule has 1 aromatic rings. The molecule has 0 radical (unpaired) electrons. The van der Waals surface area contributed by atoms with Crippen molar-refractivity contribution in [2.45, 2.75) is 57.1 Å². The number of nitrogens with two attached hydrogens (primary N) is 1. The number of carboxylic acids is 2. The number of hydrogen-bond donors (Lipinski definition) is 3. The maximum atomic E-state index is 10.5. The number of phenols is 1. The molecule has 0 aliphatic heterocycles. The minimum absolute atomic E-state index is 0.153. The molecule has 0 unspecified atom stereocenters. The SMILES string of the molecule is C[NH2+][C@H]1[C@H](O)C[C@H]2[C@@H]3CCc4cc(O)ccc4[C@H]3CC[C@@]21C.O=C([O-])/C=C\C(=O)[O-]. The molecule has 0 heterocycles. The Balaban J connectivity index is 0.000000275. The highest BCUT2D eigenvalue weighted by atomic mass is 16.4. The number of quaternary nitrogens is 1. The third-order valence-corrected chi connectivity index (χ3v) is 7.53. The Bertz CT molecular complexity index is 821. The molecule has 0 saturated heterocycles. The highest BCUT2D eigenvalue weighted by Gasteiger charge is 2.59. The molecule has 2 saturated carbocycles. The maximum Gasteiger partial charge on any atom is 0.118 e. The molecule has 3 aliphatic carbocycles. The predicted molar refractivity (Wildman–Crippen MR) is 105 cm³/mol. The summed E-state index contributed by atoms with van der Waals surface area (Å²) in [6, 6.07) is 6.32. The number of carbonyl (C=O) groups excluding carboxylic acids is 2. The standard InChI is InChI=1S/C19H27NO2.C4H4O4/c1-19-8-7-14-13-6-4-12(21)9-11(13)3-5-15(14)16(19)10-17(22)18(19)20-2;5-3(6)1-2-4(7)8/h4,6,9,14-18,20-22H,3,5,7-8,10H2,1-2H3;1-2H,(H,5,6)(H,7,8)/p-1/b;2-1-/t14-,15-,16+,17-,18+,19+;/m1./s1. The Morgan fingerprint density at radius 2 is 1.87 bits per heavy atom. The van der Waals surface area contributed by atoms with E-state index in [0.717, 1.165) is 12.8 Å². The first-order valence-corrected chi connectivity index (χ1v) is 10.6. The van der Waals surface area contributed by atoms with Crippen molar-refractivity contribution in [2.24, 2.45) is 17.3 Å². The summed E-state index contributed by atoms with van der Waals surface area (Å²) in [4.78, 5) is 18.8. The van der Waals surface area contributed by atoms with Crippen molar-refractivity contribution in [2.75, 3.05) is 7.05 Å². The zero-order chi connectivity index (χ0) is 22.1. The molecule has 164 valence electrons. The number of carboxylic acid groups (broad SMARTS) is 2. The second-order valence-corrected chi connectivity index (χ2v) is 8.98. The van der Waals surface area contributed by atoms with Crippen LogP contribution in [0, 0.1) is 17.3 Å². The first-order chi connectivity index (χ1) is 14.2. The van der Waals surface area contributed by atoms with Crippen LogP contribution in [-0.2, 0) is 16.0 Å². The van der Waals surface area contributed by atoms with E-state index in [1.54, 1.807) is 0 Å². The number of aliphatic carboxylic acids is 2. The second kappa shape index (κ2) is 8.78. The second-order valence-electron chi connectivity index (χ2n) is 8.98. The van der Waals surface area contributed by atoms with Crippen LogP contribution in [0.2, 0.25) is 0 Å². The van der Waals surface area contributed by atoms with E-state index in [-0.39, 0.29) is 11.5 Å². The van der Waals surface area contributed by atoms with E-state index in [0.29, 0.717) is 41.7 Å². The fourth-order valence-corrected chi connectivity index (χ4v) is 6.36. The van der Waals surface area contributed by atoms with Crippen LogP contribution in [0.5, 0.6) is 5.75 Å². The van der Waals surface area contributed by atoms with Crippen LogP contribution in [0.3, 0.4) is 0 Å². The van der Waals surface area contributed by atoms with Crippen molar-refractivity contribution < 1.29 is 35.3 Å². The summed E-state index contributed by atoms with van der Waals surface area (Å²) in [7, 11) is 2.12. The van der Waals surface area contributed by atoms with Gasteiger partial charge in [-0.25, -0.2) is 0 Å². The Morgan fingerprint density at radius 1 is 1.20 bits per heavy atom. The summed E-state index contributed by atoms with van der Waals surface area (Å²) >= 11 is 0. The van der Waals surface area contributed by atoms with Gasteiger partial charge in [-0.1, -0.05) is 13.0 Å². The molecule has 7 heteroatoms. The van der Waals surface area contributed by atoms with Crippen LogP contribution in [0.15, 0.2) is 30.4 Å². The van der Waals surface area contributed by atoms with Gasteiger partial charge in [0.15, 0.2) is 0 Å². The van der Waals surface area contributed by atoms with Crippen molar-refractivity contribution in [3.8, 4) is 5.75 Å². The number of benzene rings is 1. The third kappa shape index (κ3) is 4.23. The van der Waals surface area contributed by atoms with Crippen LogP contribution in [0.1, 0.15) is 49.7 Å². The quantitative estimate of drug-likeness (QED) is 0.531. The molecular weight excluding hydrogens is 386 g/mol. The normalized spacial score (nSPS) is 34.3. The highest BCUT2D eigenvalue weighted by Crippen LogP contribution is 2.60. The topological polar surface area (TPSA) is 137 Å². The number of carbonyl (C=O) groups is 2. The number of phenolic OH excluding ortho intramolecular Hbond substituents is 1. The van der Waals surface area contributed by atoms with Gasteiger partial charge in [0.1, 0.15) is 17.9 Å². The van der Waals surface area contributed by atoms with Crippen molar-refractivity contribution in [1.82, 2.24) is 0 Å². The van der Waals surface area contributed by atoms with Crippen LogP contribution < -0.4 is 15.5 Å². The first kappa shape index (κ1) is 22.3. The zero-order valence-corrected chi connectivity index (χ0v) is 17.4. The summed E-state index contributed by atoms with van der Waals surface area (Å²) in [6.07, 6.45) is 6.32. The van der Waals surface area contributed by atoms with Gasteiger partial charge in [0.25, 0.3) is 0 Å². The van der Waals surface area contributed by atoms with E-state index < -0.39 is 11.9 Å². The van der Waals surface area contributed by atoms with Crippen LogP contribution in [0.25, 0.3) is 0 Å². The molecule has 3 aliphatic rings. The molecule has 6 atom stereocenters. The van der Waals surface area contributed by atoms with Gasteiger partial charge in [-0.3, -0.25) is 0 Å². The molecule has 0 aromatic heterocycles. The van der Waals surface area contributed by atoms with E-state index in [9.17, 15) is 30.0 Å².